The van der Waals surface area contributed by atoms with Crippen molar-refractivity contribution in [3.05, 3.63) is 105 Å². The number of benzene rings is 3. The molecular weight excluding hydrogens is 530 g/mol. The standard InChI is InChI=1S/C29H31Cl2FN2O2S/c1-29(2,3)33-28(36)26(16-20-8-5-4-6-9-20)34(17-23-24(30)10-7-11-25(23)31)27(35)19-37-18-21-12-14-22(32)15-13-21/h4-15,26H,16-19H2,1-3H3,(H,33,36)/t26-/m0/s1. The van der Waals surface area contributed by atoms with E-state index in [1.807, 2.05) is 51.1 Å². The van der Waals surface area contributed by atoms with Gasteiger partial charge in [0, 0.05) is 39.9 Å². The number of hydrogen-bond donors (Lipinski definition) is 1. The van der Waals surface area contributed by atoms with E-state index in [0.29, 0.717) is 27.8 Å². The number of carbonyl (C=O) groups is 2. The third-order valence-corrected chi connectivity index (χ3v) is 7.26. The van der Waals surface area contributed by atoms with Crippen LogP contribution >= 0.6 is 35.0 Å². The van der Waals surface area contributed by atoms with Crippen molar-refractivity contribution in [3.63, 3.8) is 0 Å². The molecule has 0 aliphatic rings. The highest BCUT2D eigenvalue weighted by Crippen LogP contribution is 2.28. The zero-order chi connectivity index (χ0) is 27.0. The largest absolute Gasteiger partial charge is 0.350 e. The molecule has 0 heterocycles. The fraction of sp³-hybridized carbons (Fsp3) is 0.310. The summed E-state index contributed by atoms with van der Waals surface area (Å²) in [6.07, 6.45) is 0.333. The minimum absolute atomic E-state index is 0.0868. The molecule has 8 heteroatoms. The monoisotopic (exact) mass is 560 g/mol. The van der Waals surface area contributed by atoms with E-state index < -0.39 is 11.6 Å². The summed E-state index contributed by atoms with van der Waals surface area (Å²) >= 11 is 14.3. The van der Waals surface area contributed by atoms with E-state index in [2.05, 4.69) is 5.32 Å². The SMILES string of the molecule is CC(C)(C)NC(=O)[C@H](Cc1ccccc1)N(Cc1c(Cl)cccc1Cl)C(=O)CSCc1ccc(F)cc1. The summed E-state index contributed by atoms with van der Waals surface area (Å²) in [4.78, 5) is 28.8. The maximum atomic E-state index is 13.7. The molecule has 1 atom stereocenters. The van der Waals surface area contributed by atoms with Crippen molar-refractivity contribution in [3.8, 4) is 0 Å². The number of nitrogens with zero attached hydrogens (tertiary/aromatic N) is 1. The van der Waals surface area contributed by atoms with Crippen LogP contribution in [0.3, 0.4) is 0 Å². The zero-order valence-corrected chi connectivity index (χ0v) is 23.5. The van der Waals surface area contributed by atoms with Gasteiger partial charge in [0.15, 0.2) is 0 Å². The molecule has 3 aromatic rings. The third kappa shape index (κ3) is 9.06. The van der Waals surface area contributed by atoms with Gasteiger partial charge in [-0.1, -0.05) is 71.7 Å². The van der Waals surface area contributed by atoms with E-state index >= 15 is 0 Å². The van der Waals surface area contributed by atoms with E-state index in [1.54, 1.807) is 35.2 Å². The van der Waals surface area contributed by atoms with Gasteiger partial charge in [-0.15, -0.1) is 11.8 Å². The van der Waals surface area contributed by atoms with Gasteiger partial charge in [0.1, 0.15) is 11.9 Å². The van der Waals surface area contributed by atoms with Crippen molar-refractivity contribution in [1.82, 2.24) is 10.2 Å². The lowest BCUT2D eigenvalue weighted by Crippen LogP contribution is -2.54. The number of hydrogen-bond acceptors (Lipinski definition) is 3. The number of thioether (sulfide) groups is 1. The second kappa shape index (κ2) is 13.3. The molecule has 3 aromatic carbocycles. The second-order valence-electron chi connectivity index (χ2n) is 9.79. The summed E-state index contributed by atoms with van der Waals surface area (Å²) < 4.78 is 13.2. The van der Waals surface area contributed by atoms with Crippen LogP contribution in [0.4, 0.5) is 4.39 Å². The summed E-state index contributed by atoms with van der Waals surface area (Å²) in [6, 6.07) is 20.2. The van der Waals surface area contributed by atoms with E-state index in [9.17, 15) is 14.0 Å². The molecule has 0 aliphatic carbocycles. The molecule has 0 aliphatic heterocycles. The van der Waals surface area contributed by atoms with Crippen LogP contribution in [0.25, 0.3) is 0 Å². The summed E-state index contributed by atoms with van der Waals surface area (Å²) in [5.74, 6) is -0.108. The fourth-order valence-electron chi connectivity index (χ4n) is 3.78. The highest BCUT2D eigenvalue weighted by molar-refractivity contribution is 7.99. The van der Waals surface area contributed by atoms with Crippen LogP contribution in [0.15, 0.2) is 72.8 Å². The van der Waals surface area contributed by atoms with Crippen molar-refractivity contribution in [1.29, 1.82) is 0 Å². The van der Waals surface area contributed by atoms with Crippen LogP contribution in [-0.2, 0) is 28.3 Å². The first-order valence-corrected chi connectivity index (χ1v) is 13.8. The molecule has 37 heavy (non-hydrogen) atoms. The van der Waals surface area contributed by atoms with Gasteiger partial charge in [-0.25, -0.2) is 4.39 Å². The highest BCUT2D eigenvalue weighted by atomic mass is 35.5. The van der Waals surface area contributed by atoms with Crippen LogP contribution in [0.2, 0.25) is 10.0 Å². The van der Waals surface area contributed by atoms with Crippen LogP contribution < -0.4 is 5.32 Å². The fourth-order valence-corrected chi connectivity index (χ4v) is 5.17. The Labute approximate surface area is 232 Å². The molecule has 3 rings (SSSR count). The molecule has 0 radical (unpaired) electrons. The van der Waals surface area contributed by atoms with Gasteiger partial charge < -0.3 is 10.2 Å². The average Bonchev–Trinajstić information content (AvgIpc) is 2.83. The van der Waals surface area contributed by atoms with E-state index in [1.165, 1.54) is 23.9 Å². The Morgan fingerprint density at radius 3 is 2.14 bits per heavy atom. The molecule has 0 fully saturated rings. The predicted octanol–water partition coefficient (Wildman–Crippen LogP) is 6.92. The molecule has 0 spiro atoms. The molecule has 4 nitrogen and oxygen atoms in total. The van der Waals surface area contributed by atoms with Gasteiger partial charge in [0.25, 0.3) is 0 Å². The Bertz CT molecular complexity index is 1180. The third-order valence-electron chi connectivity index (χ3n) is 5.57. The Morgan fingerprint density at radius 1 is 0.919 bits per heavy atom. The summed E-state index contributed by atoms with van der Waals surface area (Å²) in [7, 11) is 0. The smallest absolute Gasteiger partial charge is 0.243 e. The van der Waals surface area contributed by atoms with E-state index in [4.69, 9.17) is 23.2 Å². The second-order valence-corrected chi connectivity index (χ2v) is 11.6. The van der Waals surface area contributed by atoms with Crippen molar-refractivity contribution in [2.24, 2.45) is 0 Å². The first-order valence-electron chi connectivity index (χ1n) is 11.9. The number of rotatable bonds is 10. The molecule has 0 saturated carbocycles. The number of halogens is 3. The van der Waals surface area contributed by atoms with Gasteiger partial charge in [0.05, 0.1) is 5.75 Å². The van der Waals surface area contributed by atoms with E-state index in [-0.39, 0.29) is 29.9 Å². The number of carbonyl (C=O) groups excluding carboxylic acids is 2. The lowest BCUT2D eigenvalue weighted by molar-refractivity contribution is -0.140. The first kappa shape index (κ1) is 29.0. The van der Waals surface area contributed by atoms with Crippen LogP contribution in [0, 0.1) is 5.82 Å². The Kier molecular flexibility index (Phi) is 10.4. The number of nitrogens with one attached hydrogen (secondary N) is 1. The quantitative estimate of drug-likeness (QED) is 0.292. The minimum Gasteiger partial charge on any atom is -0.350 e. The van der Waals surface area contributed by atoms with Crippen LogP contribution in [-0.4, -0.2) is 34.0 Å². The topological polar surface area (TPSA) is 49.4 Å². The normalized spacial score (nSPS) is 12.2. The van der Waals surface area contributed by atoms with Crippen LogP contribution in [0.5, 0.6) is 0 Å². The first-order chi connectivity index (χ1) is 17.5. The van der Waals surface area contributed by atoms with Crippen molar-refractivity contribution in [2.75, 3.05) is 5.75 Å². The minimum atomic E-state index is -0.784. The highest BCUT2D eigenvalue weighted by Gasteiger charge is 2.32. The maximum Gasteiger partial charge on any atom is 0.243 e. The van der Waals surface area contributed by atoms with Gasteiger partial charge in [0.2, 0.25) is 11.8 Å². The van der Waals surface area contributed by atoms with Crippen LogP contribution in [0.1, 0.15) is 37.5 Å². The molecule has 0 bridgehead atoms. The van der Waals surface area contributed by atoms with Gasteiger partial charge in [-0.2, -0.15) is 0 Å². The molecule has 1 N–H and O–H groups in total. The molecular formula is C29H31Cl2FN2O2S. The molecule has 2 amide bonds. The molecule has 0 saturated heterocycles. The average molecular weight is 562 g/mol. The molecule has 0 unspecified atom stereocenters. The van der Waals surface area contributed by atoms with Crippen molar-refractivity contribution >= 4 is 46.8 Å². The number of amides is 2. The van der Waals surface area contributed by atoms with Crippen molar-refractivity contribution < 1.29 is 14.0 Å². The van der Waals surface area contributed by atoms with Gasteiger partial charge >= 0.3 is 0 Å². The van der Waals surface area contributed by atoms with Crippen molar-refractivity contribution in [2.45, 2.75) is 51.1 Å². The van der Waals surface area contributed by atoms with Gasteiger partial charge in [-0.3, -0.25) is 9.59 Å². The summed E-state index contributed by atoms with van der Waals surface area (Å²) in [6.45, 7) is 5.80. The molecule has 196 valence electrons. The Hall–Kier alpha value is -2.54. The predicted molar refractivity (Wildman–Crippen MR) is 151 cm³/mol. The Balaban J connectivity index is 1.91. The summed E-state index contributed by atoms with van der Waals surface area (Å²) in [5.41, 5.74) is 1.94. The lowest BCUT2D eigenvalue weighted by atomic mass is 10.0. The Morgan fingerprint density at radius 2 is 1.54 bits per heavy atom. The van der Waals surface area contributed by atoms with E-state index in [0.717, 1.165) is 11.1 Å². The maximum absolute atomic E-state index is 13.7. The summed E-state index contributed by atoms with van der Waals surface area (Å²) in [5, 5.41) is 3.90. The van der Waals surface area contributed by atoms with Gasteiger partial charge in [-0.05, 0) is 56.2 Å². The molecule has 0 aromatic heterocycles. The lowest BCUT2D eigenvalue weighted by Gasteiger charge is -2.34. The zero-order valence-electron chi connectivity index (χ0n) is 21.1.